The maximum atomic E-state index is 10.3. The highest BCUT2D eigenvalue weighted by atomic mass is 16.3. The van der Waals surface area contributed by atoms with Gasteiger partial charge in [0, 0.05) is 0 Å². The lowest BCUT2D eigenvalue weighted by molar-refractivity contribution is 0.121. The van der Waals surface area contributed by atoms with Crippen molar-refractivity contribution in [1.29, 1.82) is 0 Å². The van der Waals surface area contributed by atoms with E-state index in [0.29, 0.717) is 17.1 Å². The lowest BCUT2D eigenvalue weighted by atomic mass is 9.65. The van der Waals surface area contributed by atoms with Gasteiger partial charge in [-0.1, -0.05) is 39.0 Å². The minimum atomic E-state index is 0.487. The molecule has 2 aliphatic carbocycles. The number of para-hydroxylation sites is 1. The molecule has 4 atom stereocenters. The zero-order chi connectivity index (χ0) is 13.1. The van der Waals surface area contributed by atoms with Crippen LogP contribution >= 0.6 is 0 Å². The molecule has 1 heteroatoms. The molecule has 0 saturated heterocycles. The van der Waals surface area contributed by atoms with Gasteiger partial charge in [-0.25, -0.2) is 0 Å². The van der Waals surface area contributed by atoms with Crippen LogP contribution in [0.3, 0.4) is 0 Å². The van der Waals surface area contributed by atoms with E-state index in [2.05, 4.69) is 32.9 Å². The molecule has 98 valence electrons. The summed E-state index contributed by atoms with van der Waals surface area (Å²) in [6.45, 7) is 9.26. The molecular formula is C17H24O. The van der Waals surface area contributed by atoms with Crippen LogP contribution in [0.5, 0.6) is 5.75 Å². The molecule has 1 N–H and O–H groups in total. The van der Waals surface area contributed by atoms with Gasteiger partial charge in [-0.05, 0) is 60.0 Å². The van der Waals surface area contributed by atoms with Crippen LogP contribution in [0.15, 0.2) is 18.2 Å². The van der Waals surface area contributed by atoms with Crippen LogP contribution in [0.2, 0.25) is 0 Å². The first-order valence-corrected chi connectivity index (χ1v) is 7.21. The minimum Gasteiger partial charge on any atom is -0.507 e. The van der Waals surface area contributed by atoms with Crippen molar-refractivity contribution in [2.75, 3.05) is 0 Å². The first-order chi connectivity index (χ1) is 8.43. The molecule has 1 aromatic rings. The van der Waals surface area contributed by atoms with E-state index in [1.165, 1.54) is 18.4 Å². The summed E-state index contributed by atoms with van der Waals surface area (Å²) in [6.07, 6.45) is 2.62. The summed E-state index contributed by atoms with van der Waals surface area (Å²) in [5.74, 6) is 3.49. The molecule has 3 rings (SSSR count). The van der Waals surface area contributed by atoms with E-state index in [1.54, 1.807) is 0 Å². The van der Waals surface area contributed by atoms with Gasteiger partial charge in [0.1, 0.15) is 5.75 Å². The van der Waals surface area contributed by atoms with Gasteiger partial charge in [-0.2, -0.15) is 0 Å². The number of hydrogen-bond acceptors (Lipinski definition) is 1. The Bertz CT molecular complexity index is 470. The summed E-state index contributed by atoms with van der Waals surface area (Å²) in [4.78, 5) is 0. The number of aryl methyl sites for hydroxylation is 1. The topological polar surface area (TPSA) is 20.2 Å². The van der Waals surface area contributed by atoms with E-state index >= 15 is 0 Å². The fourth-order valence-electron chi connectivity index (χ4n) is 4.49. The molecule has 2 fully saturated rings. The number of hydrogen-bond donors (Lipinski definition) is 1. The Balaban J connectivity index is 1.96. The van der Waals surface area contributed by atoms with E-state index in [-0.39, 0.29) is 0 Å². The van der Waals surface area contributed by atoms with Crippen molar-refractivity contribution in [3.63, 3.8) is 0 Å². The van der Waals surface area contributed by atoms with Gasteiger partial charge in [0.25, 0.3) is 0 Å². The number of phenols is 1. The third kappa shape index (κ3) is 1.46. The molecule has 2 aliphatic rings. The van der Waals surface area contributed by atoms with Gasteiger partial charge in [-0.15, -0.1) is 0 Å². The van der Waals surface area contributed by atoms with Crippen LogP contribution in [-0.2, 0) is 0 Å². The second kappa shape index (κ2) is 3.76. The van der Waals surface area contributed by atoms with Gasteiger partial charge >= 0.3 is 0 Å². The molecular weight excluding hydrogens is 220 g/mol. The Morgan fingerprint density at radius 2 is 1.94 bits per heavy atom. The molecule has 0 aliphatic heterocycles. The molecule has 0 spiro atoms. The fourth-order valence-corrected chi connectivity index (χ4v) is 4.49. The third-order valence-corrected chi connectivity index (χ3v) is 6.15. The zero-order valence-electron chi connectivity index (χ0n) is 11.9. The van der Waals surface area contributed by atoms with E-state index in [0.717, 1.165) is 23.3 Å². The highest BCUT2D eigenvalue weighted by Gasteiger charge is 2.55. The van der Waals surface area contributed by atoms with Gasteiger partial charge in [0.2, 0.25) is 0 Å². The van der Waals surface area contributed by atoms with Crippen LogP contribution in [0.1, 0.15) is 50.7 Å². The normalized spacial score (nSPS) is 37.1. The first-order valence-electron chi connectivity index (χ1n) is 7.21. The second-order valence-electron chi connectivity index (χ2n) is 7.06. The van der Waals surface area contributed by atoms with Crippen molar-refractivity contribution in [1.82, 2.24) is 0 Å². The van der Waals surface area contributed by atoms with Crippen LogP contribution in [-0.4, -0.2) is 5.11 Å². The molecule has 0 heterocycles. The van der Waals surface area contributed by atoms with Gasteiger partial charge in [-0.3, -0.25) is 0 Å². The lowest BCUT2D eigenvalue weighted by Crippen LogP contribution is -2.32. The molecule has 0 amide bonds. The summed E-state index contributed by atoms with van der Waals surface area (Å²) in [7, 11) is 0. The molecule has 0 unspecified atom stereocenters. The molecule has 1 nitrogen and oxygen atoms in total. The average Bonchev–Trinajstić information content (AvgIpc) is 2.83. The Morgan fingerprint density at radius 3 is 2.56 bits per heavy atom. The monoisotopic (exact) mass is 244 g/mol. The number of phenolic OH excluding ortho intramolecular Hbond substituents is 1. The van der Waals surface area contributed by atoms with Crippen molar-refractivity contribution >= 4 is 0 Å². The standard InChI is InChI=1S/C17H24O/c1-10-6-5-7-13(16(10)18)15-9-12-8-14(15)11(2)17(12,3)4/h5-7,11-12,14-15,18H,8-9H2,1-4H3/t11-,12+,14-,15+/m0/s1. The third-order valence-electron chi connectivity index (χ3n) is 6.15. The first kappa shape index (κ1) is 12.1. The van der Waals surface area contributed by atoms with Crippen molar-refractivity contribution in [2.45, 2.75) is 46.5 Å². The lowest BCUT2D eigenvalue weighted by Gasteiger charge is -2.40. The Morgan fingerprint density at radius 1 is 1.22 bits per heavy atom. The van der Waals surface area contributed by atoms with E-state index in [9.17, 15) is 5.11 Å². The van der Waals surface area contributed by atoms with Crippen molar-refractivity contribution < 1.29 is 5.11 Å². The van der Waals surface area contributed by atoms with E-state index < -0.39 is 0 Å². The van der Waals surface area contributed by atoms with Crippen LogP contribution in [0.25, 0.3) is 0 Å². The molecule has 18 heavy (non-hydrogen) atoms. The van der Waals surface area contributed by atoms with E-state index in [1.807, 2.05) is 13.0 Å². The van der Waals surface area contributed by atoms with E-state index in [4.69, 9.17) is 0 Å². The molecule has 0 aromatic heterocycles. The SMILES string of the molecule is Cc1cccc([C@H]2C[C@H]3C[C@H]2[C@H](C)C3(C)C)c1O. The Kier molecular flexibility index (Phi) is 2.52. The van der Waals surface area contributed by atoms with Crippen LogP contribution in [0, 0.1) is 30.1 Å². The molecule has 2 bridgehead atoms. The largest absolute Gasteiger partial charge is 0.507 e. The Labute approximate surface area is 110 Å². The molecule has 0 radical (unpaired) electrons. The summed E-state index contributed by atoms with van der Waals surface area (Å²) >= 11 is 0. The van der Waals surface area contributed by atoms with Crippen molar-refractivity contribution in [3.05, 3.63) is 29.3 Å². The quantitative estimate of drug-likeness (QED) is 0.772. The predicted octanol–water partition coefficient (Wildman–Crippen LogP) is 4.49. The maximum Gasteiger partial charge on any atom is 0.121 e. The van der Waals surface area contributed by atoms with Gasteiger partial charge in [0.05, 0.1) is 0 Å². The van der Waals surface area contributed by atoms with Crippen LogP contribution in [0.4, 0.5) is 0 Å². The minimum absolute atomic E-state index is 0.487. The molecule has 1 aromatic carbocycles. The zero-order valence-corrected chi connectivity index (χ0v) is 11.9. The van der Waals surface area contributed by atoms with Crippen molar-refractivity contribution in [2.24, 2.45) is 23.2 Å². The van der Waals surface area contributed by atoms with Gasteiger partial charge < -0.3 is 5.11 Å². The summed E-state index contributed by atoms with van der Waals surface area (Å²) in [5, 5.41) is 10.3. The number of benzene rings is 1. The number of fused-ring (bicyclic) bond motifs is 2. The molecule has 2 saturated carbocycles. The maximum absolute atomic E-state index is 10.3. The predicted molar refractivity (Wildman–Crippen MR) is 74.7 cm³/mol. The summed E-state index contributed by atoms with van der Waals surface area (Å²) < 4.78 is 0. The summed E-state index contributed by atoms with van der Waals surface area (Å²) in [6, 6.07) is 6.22. The van der Waals surface area contributed by atoms with Crippen molar-refractivity contribution in [3.8, 4) is 5.75 Å². The Hall–Kier alpha value is -0.980. The van der Waals surface area contributed by atoms with Crippen LogP contribution < -0.4 is 0 Å². The number of aromatic hydroxyl groups is 1. The average molecular weight is 244 g/mol. The fraction of sp³-hybridized carbons (Fsp3) is 0.647. The second-order valence-corrected chi connectivity index (χ2v) is 7.06. The number of rotatable bonds is 1. The highest BCUT2D eigenvalue weighted by Crippen LogP contribution is 2.64. The summed E-state index contributed by atoms with van der Waals surface area (Å²) in [5.41, 5.74) is 2.70. The van der Waals surface area contributed by atoms with Gasteiger partial charge in [0.15, 0.2) is 0 Å². The highest BCUT2D eigenvalue weighted by molar-refractivity contribution is 5.43. The smallest absolute Gasteiger partial charge is 0.121 e.